The van der Waals surface area contributed by atoms with Gasteiger partial charge in [0, 0.05) is 45.9 Å². The molecular formula is C81H130Br2N2. The van der Waals surface area contributed by atoms with Crippen LogP contribution in [0.2, 0.25) is 0 Å². The van der Waals surface area contributed by atoms with Crippen LogP contribution in [0.25, 0.3) is 0 Å². The zero-order chi connectivity index (χ0) is 57.1. The highest BCUT2D eigenvalue weighted by molar-refractivity contribution is 9.09. The van der Waals surface area contributed by atoms with E-state index in [-0.39, 0.29) is 0 Å². The van der Waals surface area contributed by atoms with Crippen LogP contribution in [-0.2, 0) is 0 Å². The highest BCUT2D eigenvalue weighted by atomic mass is 79.9. The Labute approximate surface area is 540 Å². The molecule has 17 fully saturated rings. The van der Waals surface area contributed by atoms with Crippen LogP contribution in [0.4, 0.5) is 0 Å². The van der Waals surface area contributed by atoms with E-state index < -0.39 is 0 Å². The van der Waals surface area contributed by atoms with Crippen molar-refractivity contribution in [1.29, 1.82) is 0 Å². The number of nitrogens with zero attached hydrogens (tertiary/aromatic N) is 2. The molecule has 28 unspecified atom stereocenters. The summed E-state index contributed by atoms with van der Waals surface area (Å²) in [5.74, 6) is 22.2. The largest absolute Gasteiger partial charge is 0.294 e. The number of halogens is 2. The molecule has 0 aromatic carbocycles. The molecule has 0 aliphatic heterocycles. The first-order valence-corrected chi connectivity index (χ1v) is 42.2. The fourth-order valence-electron chi connectivity index (χ4n) is 32.8. The number of fused-ring (bicyclic) bond motifs is 15. The molecule has 0 heterocycles. The molecule has 17 saturated carbocycles. The minimum atomic E-state index is 0.538. The molecule has 0 saturated heterocycles. The SMILES string of the molecule is CC1(C)C2CCCCC2C2CCC(N(C3CCC4C(C3)C(Br)C3CCCCC34)C3CCC4C5CCC(N(C6CCC7C(C6)C(Br)C6CCCCC67)C6CCC7C8CCCCC8C(C)(C)C7C6)CC5C(C5CCCCC5)(C5CCCCC5)C4C3)CC21. The standard InChI is InChI=1S/C81H130Br2N2/c1-79(2)71-29-17-15-25-61(71)63-39-33-53(45-73(63)79)84(51-31-37-59-57-23-11-13-27-67(57)77(82)69(59)43-51)55-35-41-65-66-42-36-56(48-76(66)81(75(65)47-55,49-19-7-5-8-20-49)50-21-9-6-10-22-50)85(52-32-38-60-58-24-12-14-28-68(58)78(83)70(60)44-52)54-34-40-64-62-26-16-18-30-72(62)80(3,4)74(64)46-54/h49-78H,5-48H2,1-4H3. The summed E-state index contributed by atoms with van der Waals surface area (Å²) in [6.45, 7) is 11.4. The van der Waals surface area contributed by atoms with Gasteiger partial charge in [-0.3, -0.25) is 9.80 Å². The predicted octanol–water partition coefficient (Wildman–Crippen LogP) is 22.3. The van der Waals surface area contributed by atoms with Crippen molar-refractivity contribution in [2.45, 2.75) is 356 Å². The van der Waals surface area contributed by atoms with Crippen LogP contribution in [0, 0.1) is 146 Å². The van der Waals surface area contributed by atoms with Crippen LogP contribution < -0.4 is 0 Å². The maximum atomic E-state index is 4.65. The van der Waals surface area contributed by atoms with Gasteiger partial charge in [0.2, 0.25) is 0 Å². The van der Waals surface area contributed by atoms with Crippen molar-refractivity contribution in [3.05, 3.63) is 0 Å². The van der Waals surface area contributed by atoms with E-state index in [9.17, 15) is 0 Å². The summed E-state index contributed by atoms with van der Waals surface area (Å²) >= 11 is 9.30. The van der Waals surface area contributed by atoms with Crippen LogP contribution in [0.15, 0.2) is 0 Å². The molecule has 17 aliphatic rings. The monoisotopic (exact) mass is 1290 g/mol. The third-order valence-electron chi connectivity index (χ3n) is 35.4. The molecule has 85 heavy (non-hydrogen) atoms. The number of rotatable bonds is 8. The fraction of sp³-hybridized carbons (Fsp3) is 1.00. The fourth-order valence-corrected chi connectivity index (χ4v) is 35.4. The molecule has 4 heteroatoms. The summed E-state index contributed by atoms with van der Waals surface area (Å²) < 4.78 is 0. The van der Waals surface area contributed by atoms with Gasteiger partial charge in [-0.05, 0) is 339 Å². The van der Waals surface area contributed by atoms with Crippen LogP contribution >= 0.6 is 31.9 Å². The summed E-state index contributed by atoms with van der Waals surface area (Å²) in [7, 11) is 0. The quantitative estimate of drug-likeness (QED) is 0.224. The predicted molar refractivity (Wildman–Crippen MR) is 362 cm³/mol. The first kappa shape index (κ1) is 59.6. The molecule has 0 aromatic heterocycles. The van der Waals surface area contributed by atoms with E-state index in [0.29, 0.717) is 16.2 Å². The molecule has 0 radical (unpaired) electrons. The van der Waals surface area contributed by atoms with Crippen molar-refractivity contribution < 1.29 is 0 Å². The van der Waals surface area contributed by atoms with Gasteiger partial charge in [0.1, 0.15) is 0 Å². The zero-order valence-corrected chi connectivity index (χ0v) is 58.8. The average Bonchev–Trinajstić information content (AvgIpc) is 1.73. The smallest absolute Gasteiger partial charge is 0.0208 e. The van der Waals surface area contributed by atoms with E-state index in [2.05, 4.69) is 69.4 Å². The highest BCUT2D eigenvalue weighted by Gasteiger charge is 2.69. The van der Waals surface area contributed by atoms with E-state index in [4.69, 9.17) is 0 Å². The third-order valence-corrected chi connectivity index (χ3v) is 38.1. The molecule has 28 atom stereocenters. The van der Waals surface area contributed by atoms with Gasteiger partial charge in [-0.1, -0.05) is 149 Å². The second-order valence-corrected chi connectivity index (χ2v) is 40.1. The molecule has 0 amide bonds. The number of hydrogen-bond acceptors (Lipinski definition) is 2. The maximum absolute atomic E-state index is 4.65. The van der Waals surface area contributed by atoms with E-state index in [1.165, 1.54) is 77.0 Å². The topological polar surface area (TPSA) is 6.48 Å². The van der Waals surface area contributed by atoms with E-state index in [0.717, 1.165) is 176 Å². The van der Waals surface area contributed by atoms with Crippen LogP contribution in [0.1, 0.15) is 310 Å². The first-order valence-electron chi connectivity index (χ1n) is 40.3. The van der Waals surface area contributed by atoms with Crippen molar-refractivity contribution in [3.63, 3.8) is 0 Å². The second-order valence-electron chi connectivity index (χ2n) is 38.0. The van der Waals surface area contributed by atoms with Gasteiger partial charge in [0.25, 0.3) is 0 Å². The maximum Gasteiger partial charge on any atom is 0.0208 e. The van der Waals surface area contributed by atoms with Crippen molar-refractivity contribution in [1.82, 2.24) is 9.80 Å². The Balaban J connectivity index is 0.726. The lowest BCUT2D eigenvalue weighted by Crippen LogP contribution is -2.58. The first-order chi connectivity index (χ1) is 41.5. The Hall–Kier alpha value is 0.880. The van der Waals surface area contributed by atoms with Crippen molar-refractivity contribution in [3.8, 4) is 0 Å². The average molecular weight is 1290 g/mol. The molecule has 478 valence electrons. The lowest BCUT2D eigenvalue weighted by Gasteiger charge is -2.59. The Morgan fingerprint density at radius 3 is 0.859 bits per heavy atom. The van der Waals surface area contributed by atoms with E-state index >= 15 is 0 Å². The second kappa shape index (κ2) is 23.7. The van der Waals surface area contributed by atoms with Gasteiger partial charge in [-0.25, -0.2) is 0 Å². The van der Waals surface area contributed by atoms with E-state index in [1.807, 2.05) is 0 Å². The Kier molecular flexibility index (Phi) is 16.6. The number of hydrogen-bond donors (Lipinski definition) is 0. The van der Waals surface area contributed by atoms with Crippen LogP contribution in [0.3, 0.4) is 0 Å². The van der Waals surface area contributed by atoms with Crippen LogP contribution in [-0.4, -0.2) is 55.7 Å². The highest BCUT2D eigenvalue weighted by Crippen LogP contribution is 2.74. The summed E-state index contributed by atoms with van der Waals surface area (Å²) in [5.41, 5.74) is 1.68. The molecule has 17 aliphatic carbocycles. The summed E-state index contributed by atoms with van der Waals surface area (Å²) in [6, 6.07) is 5.09. The Morgan fingerprint density at radius 1 is 0.224 bits per heavy atom. The molecule has 0 bridgehead atoms. The summed E-state index contributed by atoms with van der Waals surface area (Å²) in [6.07, 6.45) is 68.8. The van der Waals surface area contributed by atoms with Gasteiger partial charge < -0.3 is 0 Å². The van der Waals surface area contributed by atoms with Gasteiger partial charge in [-0.15, -0.1) is 0 Å². The van der Waals surface area contributed by atoms with Crippen molar-refractivity contribution in [2.75, 3.05) is 0 Å². The van der Waals surface area contributed by atoms with Crippen LogP contribution in [0.5, 0.6) is 0 Å². The Morgan fingerprint density at radius 2 is 0.482 bits per heavy atom. The lowest BCUT2D eigenvalue weighted by molar-refractivity contribution is -0.105. The van der Waals surface area contributed by atoms with Gasteiger partial charge >= 0.3 is 0 Å². The lowest BCUT2D eigenvalue weighted by atomic mass is 9.48. The van der Waals surface area contributed by atoms with Crippen molar-refractivity contribution >= 4 is 31.9 Å². The molecule has 0 spiro atoms. The Bertz CT molecular complexity index is 2160. The van der Waals surface area contributed by atoms with Gasteiger partial charge in [0.05, 0.1) is 0 Å². The zero-order valence-electron chi connectivity index (χ0n) is 55.6. The molecule has 17 rings (SSSR count). The van der Waals surface area contributed by atoms with Gasteiger partial charge in [0.15, 0.2) is 0 Å². The van der Waals surface area contributed by atoms with Crippen molar-refractivity contribution in [2.24, 2.45) is 146 Å². The molecular weight excluding hydrogens is 1160 g/mol. The minimum Gasteiger partial charge on any atom is -0.294 e. The molecule has 2 nitrogen and oxygen atoms in total. The summed E-state index contributed by atoms with van der Waals surface area (Å²) in [5, 5.41) is 0. The third kappa shape index (κ3) is 9.57. The molecule has 0 aromatic rings. The van der Waals surface area contributed by atoms with E-state index in [1.54, 1.807) is 205 Å². The summed E-state index contributed by atoms with van der Waals surface area (Å²) in [4.78, 5) is 8.86. The minimum absolute atomic E-state index is 0.538. The normalized spacial score (nSPS) is 53.5. The van der Waals surface area contributed by atoms with Gasteiger partial charge in [-0.2, -0.15) is 0 Å². The molecule has 0 N–H and O–H groups in total. The number of alkyl halides is 2.